The average molecular weight is 732 g/mol. The molecule has 0 aliphatic heterocycles. The van der Waals surface area contributed by atoms with Gasteiger partial charge in [-0.1, -0.05) is 87.7 Å². The van der Waals surface area contributed by atoms with Crippen molar-refractivity contribution in [1.82, 2.24) is 20.4 Å². The highest BCUT2D eigenvalue weighted by Gasteiger charge is 2.30. The maximum atomic E-state index is 13.0. The van der Waals surface area contributed by atoms with Crippen molar-refractivity contribution in [2.45, 2.75) is 70.6 Å². The van der Waals surface area contributed by atoms with Gasteiger partial charge in [-0.15, -0.1) is 31.7 Å². The molecule has 4 aromatic rings. The summed E-state index contributed by atoms with van der Waals surface area (Å²) in [5.41, 5.74) is 1.97. The standard InChI is InChI=1S/C31H33Br2N5O2S2/c1-18(19(2)26(39)15-20-6-3-10-24(32)13-20)12-28-35-36-29(41-28)22-8-5-9-23(17-22)30-37-38-31(42-30)34-27(40)16-21-7-4-11-25(33)14-21/h3-4,6-7,10-11,13-14,18-19,22-23H,5,8-9,12,15-17H2,1-2H3,(H,34,38,40)/t18-,19+,22+,23+/m1/s1. The quantitative estimate of drug-likeness (QED) is 0.167. The Bertz CT molecular complexity index is 1540. The number of anilines is 1. The van der Waals surface area contributed by atoms with Gasteiger partial charge in [-0.05, 0) is 60.6 Å². The summed E-state index contributed by atoms with van der Waals surface area (Å²) in [6.07, 6.45) is 5.65. The Morgan fingerprint density at radius 3 is 2.17 bits per heavy atom. The topological polar surface area (TPSA) is 97.7 Å². The largest absolute Gasteiger partial charge is 0.300 e. The molecule has 5 rings (SSSR count). The first-order chi connectivity index (χ1) is 20.2. The number of hydrogen-bond acceptors (Lipinski definition) is 8. The molecule has 4 atom stereocenters. The van der Waals surface area contributed by atoms with Crippen LogP contribution in [-0.4, -0.2) is 32.1 Å². The first-order valence-corrected chi connectivity index (χ1v) is 17.4. The first kappa shape index (κ1) is 31.1. The summed E-state index contributed by atoms with van der Waals surface area (Å²) >= 11 is 10.1. The Morgan fingerprint density at radius 2 is 1.50 bits per heavy atom. The number of ketones is 1. The van der Waals surface area contributed by atoms with Gasteiger partial charge < -0.3 is 5.32 Å². The van der Waals surface area contributed by atoms with Gasteiger partial charge in [0, 0.05) is 39.5 Å². The highest BCUT2D eigenvalue weighted by molar-refractivity contribution is 9.10. The van der Waals surface area contributed by atoms with Crippen LogP contribution in [0.4, 0.5) is 5.13 Å². The molecule has 1 amide bonds. The van der Waals surface area contributed by atoms with E-state index in [1.807, 2.05) is 55.5 Å². The van der Waals surface area contributed by atoms with Crippen LogP contribution in [0.1, 0.15) is 77.5 Å². The zero-order valence-corrected chi connectivity index (χ0v) is 28.4. The van der Waals surface area contributed by atoms with Gasteiger partial charge in [0.2, 0.25) is 11.0 Å². The monoisotopic (exact) mass is 729 g/mol. The van der Waals surface area contributed by atoms with Gasteiger partial charge in [0.05, 0.1) is 6.42 Å². The minimum absolute atomic E-state index is 0.0583. The van der Waals surface area contributed by atoms with Crippen molar-refractivity contribution in [2.75, 3.05) is 5.32 Å². The Hall–Kier alpha value is -2.34. The Kier molecular flexibility index (Phi) is 10.7. The molecule has 1 N–H and O–H groups in total. The van der Waals surface area contributed by atoms with E-state index in [0.29, 0.717) is 23.4 Å². The van der Waals surface area contributed by atoms with Gasteiger partial charge in [0.1, 0.15) is 20.8 Å². The number of halogens is 2. The van der Waals surface area contributed by atoms with Crippen LogP contribution in [0.2, 0.25) is 0 Å². The lowest BCUT2D eigenvalue weighted by atomic mass is 9.82. The fourth-order valence-corrected chi connectivity index (χ4v) is 8.31. The number of hydrogen-bond donors (Lipinski definition) is 1. The molecule has 2 aromatic heterocycles. The minimum Gasteiger partial charge on any atom is -0.300 e. The maximum absolute atomic E-state index is 13.0. The van der Waals surface area contributed by atoms with E-state index < -0.39 is 0 Å². The van der Waals surface area contributed by atoms with Crippen LogP contribution in [-0.2, 0) is 28.9 Å². The highest BCUT2D eigenvalue weighted by atomic mass is 79.9. The Labute approximate surface area is 271 Å². The number of nitrogens with one attached hydrogen (secondary N) is 1. The third-order valence-corrected chi connectivity index (χ3v) is 11.0. The Balaban J connectivity index is 1.14. The van der Waals surface area contributed by atoms with E-state index >= 15 is 0 Å². The van der Waals surface area contributed by atoms with Gasteiger partial charge in [-0.25, -0.2) is 0 Å². The van der Waals surface area contributed by atoms with E-state index in [1.165, 1.54) is 11.3 Å². The molecule has 0 saturated heterocycles. The van der Waals surface area contributed by atoms with E-state index in [2.05, 4.69) is 64.5 Å². The lowest BCUT2D eigenvalue weighted by Crippen LogP contribution is -2.22. The van der Waals surface area contributed by atoms with Gasteiger partial charge in [-0.2, -0.15) is 0 Å². The summed E-state index contributed by atoms with van der Waals surface area (Å²) in [6.45, 7) is 4.16. The molecule has 0 radical (unpaired) electrons. The molecule has 2 heterocycles. The first-order valence-electron chi connectivity index (χ1n) is 14.2. The van der Waals surface area contributed by atoms with Gasteiger partial charge in [0.25, 0.3) is 0 Å². The summed E-state index contributed by atoms with van der Waals surface area (Å²) in [4.78, 5) is 25.5. The van der Waals surface area contributed by atoms with Crippen LogP contribution in [0.25, 0.3) is 0 Å². The number of amides is 1. The van der Waals surface area contributed by atoms with Crippen LogP contribution < -0.4 is 5.32 Å². The van der Waals surface area contributed by atoms with Crippen molar-refractivity contribution in [2.24, 2.45) is 11.8 Å². The van der Waals surface area contributed by atoms with Crippen molar-refractivity contribution in [3.63, 3.8) is 0 Å². The number of nitrogens with zero attached hydrogens (tertiary/aromatic N) is 4. The molecule has 220 valence electrons. The zero-order valence-electron chi connectivity index (χ0n) is 23.6. The van der Waals surface area contributed by atoms with Crippen molar-refractivity contribution >= 4 is 71.4 Å². The van der Waals surface area contributed by atoms with Crippen LogP contribution in [0.3, 0.4) is 0 Å². The van der Waals surface area contributed by atoms with Gasteiger partial charge in [-0.3, -0.25) is 9.59 Å². The molecule has 1 aliphatic rings. The summed E-state index contributed by atoms with van der Waals surface area (Å²) in [6, 6.07) is 15.7. The summed E-state index contributed by atoms with van der Waals surface area (Å²) < 4.78 is 1.94. The molecular weight excluding hydrogens is 698 g/mol. The SMILES string of the molecule is C[C@H](Cc1nnc([C@H]2CCC[C@H](c3nnc(NC(=O)Cc4cccc(Br)c4)s3)C2)s1)[C@H](C)C(=O)Cc1cccc(Br)c1. The molecule has 42 heavy (non-hydrogen) atoms. The van der Waals surface area contributed by atoms with Crippen molar-refractivity contribution in [3.05, 3.63) is 83.6 Å². The molecule has 0 unspecified atom stereocenters. The molecule has 1 saturated carbocycles. The van der Waals surface area contributed by atoms with Crippen LogP contribution >= 0.6 is 54.5 Å². The Morgan fingerprint density at radius 1 is 0.881 bits per heavy atom. The lowest BCUT2D eigenvalue weighted by molar-refractivity contribution is -0.123. The normalized spacial score (nSPS) is 18.4. The van der Waals surface area contributed by atoms with Crippen molar-refractivity contribution < 1.29 is 9.59 Å². The summed E-state index contributed by atoms with van der Waals surface area (Å²) in [5, 5.41) is 24.3. The smallest absolute Gasteiger partial charge is 0.230 e. The molecule has 11 heteroatoms. The minimum atomic E-state index is -0.0999. The second-order valence-electron chi connectivity index (χ2n) is 11.1. The number of aromatic nitrogens is 4. The van der Waals surface area contributed by atoms with Crippen LogP contribution in [0.15, 0.2) is 57.5 Å². The molecule has 0 bridgehead atoms. The van der Waals surface area contributed by atoms with E-state index in [0.717, 1.165) is 67.2 Å². The van der Waals surface area contributed by atoms with E-state index in [1.54, 1.807) is 11.3 Å². The number of Topliss-reactive ketones (excluding diaryl/α,β-unsaturated/α-hetero) is 1. The molecular formula is C31H33Br2N5O2S2. The van der Waals surface area contributed by atoms with Crippen LogP contribution in [0, 0.1) is 11.8 Å². The number of carbonyl (C=O) groups is 2. The predicted molar refractivity (Wildman–Crippen MR) is 175 cm³/mol. The summed E-state index contributed by atoms with van der Waals surface area (Å²) in [7, 11) is 0. The number of rotatable bonds is 11. The number of benzene rings is 2. The lowest BCUT2D eigenvalue weighted by Gasteiger charge is -2.25. The van der Waals surface area contributed by atoms with Crippen molar-refractivity contribution in [1.29, 1.82) is 0 Å². The maximum Gasteiger partial charge on any atom is 0.230 e. The second-order valence-corrected chi connectivity index (χ2v) is 15.1. The molecule has 1 aliphatic carbocycles. The number of carbonyl (C=O) groups excluding carboxylic acids is 2. The van der Waals surface area contributed by atoms with Crippen molar-refractivity contribution in [3.8, 4) is 0 Å². The molecule has 1 fully saturated rings. The van der Waals surface area contributed by atoms with Crippen LogP contribution in [0.5, 0.6) is 0 Å². The third kappa shape index (κ3) is 8.39. The molecule has 2 aromatic carbocycles. The predicted octanol–water partition coefficient (Wildman–Crippen LogP) is 8.16. The zero-order chi connectivity index (χ0) is 29.6. The fraction of sp³-hybridized carbons (Fsp3) is 0.419. The third-order valence-electron chi connectivity index (χ3n) is 7.92. The average Bonchev–Trinajstić information content (AvgIpc) is 3.62. The molecule has 7 nitrogen and oxygen atoms in total. The van der Waals surface area contributed by atoms with E-state index in [9.17, 15) is 9.59 Å². The van der Waals surface area contributed by atoms with Gasteiger partial charge >= 0.3 is 0 Å². The molecule has 0 spiro atoms. The van der Waals surface area contributed by atoms with Gasteiger partial charge in [0.15, 0.2) is 0 Å². The fourth-order valence-electron chi connectivity index (χ4n) is 5.38. The second kappa shape index (κ2) is 14.4. The summed E-state index contributed by atoms with van der Waals surface area (Å²) in [5.74, 6) is 0.900. The van der Waals surface area contributed by atoms with E-state index in [4.69, 9.17) is 0 Å². The van der Waals surface area contributed by atoms with E-state index in [-0.39, 0.29) is 29.9 Å². The highest BCUT2D eigenvalue weighted by Crippen LogP contribution is 2.43.